The van der Waals surface area contributed by atoms with E-state index >= 15 is 0 Å². The summed E-state index contributed by atoms with van der Waals surface area (Å²) in [5.74, 6) is -0.285. The van der Waals surface area contributed by atoms with Crippen molar-refractivity contribution in [2.75, 3.05) is 13.7 Å². The zero-order valence-electron chi connectivity index (χ0n) is 11.4. The van der Waals surface area contributed by atoms with Gasteiger partial charge in [-0.2, -0.15) is 5.26 Å². The van der Waals surface area contributed by atoms with Crippen LogP contribution in [0, 0.1) is 11.3 Å². The first-order valence-corrected chi connectivity index (χ1v) is 6.13. The molecule has 0 bridgehead atoms. The Balaban J connectivity index is 2.84. The summed E-state index contributed by atoms with van der Waals surface area (Å²) in [4.78, 5) is 11.3. The Morgan fingerprint density at radius 3 is 2.70 bits per heavy atom. The van der Waals surface area contributed by atoms with E-state index in [1.165, 1.54) is 25.3 Å². The standard InChI is InChI=1S/C14H17NO5/c1-3-20-13(17)7-11(16)14(18)9-4-5-10(8-15)12(6-9)19-2/h4-6,11,14,16,18H,3,7H2,1-2H3. The van der Waals surface area contributed by atoms with Crippen molar-refractivity contribution in [3.63, 3.8) is 0 Å². The molecule has 108 valence electrons. The molecule has 0 heterocycles. The molecule has 0 radical (unpaired) electrons. The van der Waals surface area contributed by atoms with Gasteiger partial charge in [-0.25, -0.2) is 0 Å². The number of carbonyl (C=O) groups excluding carboxylic acids is 1. The number of hydrogen-bond acceptors (Lipinski definition) is 6. The van der Waals surface area contributed by atoms with Gasteiger partial charge in [0, 0.05) is 0 Å². The summed E-state index contributed by atoms with van der Waals surface area (Å²) in [6.07, 6.45) is -2.86. The first-order chi connectivity index (χ1) is 9.53. The van der Waals surface area contributed by atoms with E-state index in [0.717, 1.165) is 0 Å². The maximum atomic E-state index is 11.3. The molecule has 0 aliphatic rings. The minimum absolute atomic E-state index is 0.215. The van der Waals surface area contributed by atoms with Crippen LogP contribution in [0.1, 0.15) is 30.6 Å². The van der Waals surface area contributed by atoms with Crippen molar-refractivity contribution in [1.29, 1.82) is 5.26 Å². The third-order valence-electron chi connectivity index (χ3n) is 2.73. The van der Waals surface area contributed by atoms with E-state index in [1.54, 1.807) is 6.92 Å². The molecule has 0 aromatic heterocycles. The van der Waals surface area contributed by atoms with Crippen LogP contribution in [0.5, 0.6) is 5.75 Å². The average molecular weight is 279 g/mol. The second kappa shape index (κ2) is 7.48. The maximum absolute atomic E-state index is 11.3. The van der Waals surface area contributed by atoms with E-state index in [0.29, 0.717) is 16.9 Å². The number of hydrogen-bond donors (Lipinski definition) is 2. The van der Waals surface area contributed by atoms with Crippen molar-refractivity contribution in [3.8, 4) is 11.8 Å². The number of aliphatic hydroxyl groups excluding tert-OH is 2. The summed E-state index contributed by atoms with van der Waals surface area (Å²) in [6.45, 7) is 1.87. The third-order valence-corrected chi connectivity index (χ3v) is 2.73. The van der Waals surface area contributed by atoms with E-state index in [4.69, 9.17) is 14.7 Å². The average Bonchev–Trinajstić information content (AvgIpc) is 2.45. The molecule has 6 heteroatoms. The molecule has 0 fully saturated rings. The van der Waals surface area contributed by atoms with Crippen molar-refractivity contribution in [2.45, 2.75) is 25.6 Å². The van der Waals surface area contributed by atoms with Crippen LogP contribution in [0.2, 0.25) is 0 Å². The van der Waals surface area contributed by atoms with Gasteiger partial charge in [0.2, 0.25) is 0 Å². The lowest BCUT2D eigenvalue weighted by Gasteiger charge is -2.18. The summed E-state index contributed by atoms with van der Waals surface area (Å²) in [7, 11) is 1.40. The van der Waals surface area contributed by atoms with Gasteiger partial charge >= 0.3 is 5.97 Å². The molecule has 1 rings (SSSR count). The van der Waals surface area contributed by atoms with Gasteiger partial charge in [0.05, 0.1) is 31.8 Å². The highest BCUT2D eigenvalue weighted by atomic mass is 16.5. The molecule has 0 spiro atoms. The van der Waals surface area contributed by atoms with E-state index in [9.17, 15) is 15.0 Å². The first-order valence-electron chi connectivity index (χ1n) is 6.13. The predicted octanol–water partition coefficient (Wildman–Crippen LogP) is 0.914. The van der Waals surface area contributed by atoms with Gasteiger partial charge in [-0.05, 0) is 24.6 Å². The molecule has 0 saturated carbocycles. The van der Waals surface area contributed by atoms with Crippen molar-refractivity contribution in [2.24, 2.45) is 0 Å². The van der Waals surface area contributed by atoms with E-state index in [2.05, 4.69) is 0 Å². The summed E-state index contributed by atoms with van der Waals surface area (Å²) >= 11 is 0. The summed E-state index contributed by atoms with van der Waals surface area (Å²) < 4.78 is 9.72. The molecule has 2 N–H and O–H groups in total. The van der Waals surface area contributed by atoms with E-state index in [-0.39, 0.29) is 13.0 Å². The zero-order valence-corrected chi connectivity index (χ0v) is 11.4. The predicted molar refractivity (Wildman–Crippen MR) is 69.9 cm³/mol. The van der Waals surface area contributed by atoms with Gasteiger partial charge in [0.25, 0.3) is 0 Å². The van der Waals surface area contributed by atoms with Crippen molar-refractivity contribution >= 4 is 5.97 Å². The molecule has 2 atom stereocenters. The van der Waals surface area contributed by atoms with Gasteiger partial charge in [-0.3, -0.25) is 4.79 Å². The van der Waals surface area contributed by atoms with Crippen molar-refractivity contribution < 1.29 is 24.5 Å². The fraction of sp³-hybridized carbons (Fsp3) is 0.429. The molecular weight excluding hydrogens is 262 g/mol. The molecule has 0 aliphatic heterocycles. The smallest absolute Gasteiger partial charge is 0.308 e. The fourth-order valence-corrected chi connectivity index (χ4v) is 1.71. The van der Waals surface area contributed by atoms with Crippen LogP contribution >= 0.6 is 0 Å². The number of esters is 1. The Hall–Kier alpha value is -2.10. The van der Waals surface area contributed by atoms with Crippen LogP contribution in [0.3, 0.4) is 0 Å². The van der Waals surface area contributed by atoms with E-state index < -0.39 is 18.2 Å². The number of benzene rings is 1. The molecule has 2 unspecified atom stereocenters. The summed E-state index contributed by atoms with van der Waals surface area (Å²) in [6, 6.07) is 6.38. The van der Waals surface area contributed by atoms with Crippen molar-refractivity contribution in [1.82, 2.24) is 0 Å². The Morgan fingerprint density at radius 2 is 2.15 bits per heavy atom. The highest BCUT2D eigenvalue weighted by molar-refractivity contribution is 5.70. The second-order valence-corrected chi connectivity index (χ2v) is 4.09. The first kappa shape index (κ1) is 16.0. The van der Waals surface area contributed by atoms with Gasteiger partial charge in [0.15, 0.2) is 0 Å². The maximum Gasteiger partial charge on any atom is 0.308 e. The fourth-order valence-electron chi connectivity index (χ4n) is 1.71. The zero-order chi connectivity index (χ0) is 15.1. The molecule has 1 aromatic rings. The molecule has 20 heavy (non-hydrogen) atoms. The third kappa shape index (κ3) is 3.95. The Kier molecular flexibility index (Phi) is 5.97. The lowest BCUT2D eigenvalue weighted by molar-refractivity contribution is -0.147. The van der Waals surface area contributed by atoms with Gasteiger partial charge in [-0.1, -0.05) is 6.07 Å². The summed E-state index contributed by atoms with van der Waals surface area (Å²) in [5, 5.41) is 28.7. The Labute approximate surface area is 117 Å². The Morgan fingerprint density at radius 1 is 1.45 bits per heavy atom. The lowest BCUT2D eigenvalue weighted by Crippen LogP contribution is -2.23. The number of nitriles is 1. The van der Waals surface area contributed by atoms with Crippen molar-refractivity contribution in [3.05, 3.63) is 29.3 Å². The summed E-state index contributed by atoms with van der Waals surface area (Å²) in [5.41, 5.74) is 0.681. The largest absolute Gasteiger partial charge is 0.495 e. The molecule has 0 saturated heterocycles. The number of ether oxygens (including phenoxy) is 2. The second-order valence-electron chi connectivity index (χ2n) is 4.09. The van der Waals surface area contributed by atoms with Crippen LogP contribution in [0.15, 0.2) is 18.2 Å². The molecule has 1 aromatic carbocycles. The van der Waals surface area contributed by atoms with Gasteiger partial charge < -0.3 is 19.7 Å². The topological polar surface area (TPSA) is 99.8 Å². The monoisotopic (exact) mass is 279 g/mol. The highest BCUT2D eigenvalue weighted by Gasteiger charge is 2.23. The number of aliphatic hydroxyl groups is 2. The van der Waals surface area contributed by atoms with E-state index in [1.807, 2.05) is 6.07 Å². The van der Waals surface area contributed by atoms with Crippen LogP contribution in [0.25, 0.3) is 0 Å². The Bertz CT molecular complexity index is 509. The molecule has 6 nitrogen and oxygen atoms in total. The van der Waals surface area contributed by atoms with Crippen LogP contribution in [0.4, 0.5) is 0 Å². The molecular formula is C14H17NO5. The minimum Gasteiger partial charge on any atom is -0.495 e. The molecule has 0 amide bonds. The van der Waals surface area contributed by atoms with Gasteiger partial charge in [0.1, 0.15) is 17.9 Å². The minimum atomic E-state index is -1.29. The number of nitrogens with zero attached hydrogens (tertiary/aromatic N) is 1. The molecule has 0 aliphatic carbocycles. The normalized spacial score (nSPS) is 13.2. The van der Waals surface area contributed by atoms with Crippen LogP contribution in [-0.4, -0.2) is 36.0 Å². The quantitative estimate of drug-likeness (QED) is 0.751. The number of methoxy groups -OCH3 is 1. The van der Waals surface area contributed by atoms with Gasteiger partial charge in [-0.15, -0.1) is 0 Å². The SMILES string of the molecule is CCOC(=O)CC(O)C(O)c1ccc(C#N)c(OC)c1. The van der Waals surface area contributed by atoms with Crippen LogP contribution in [-0.2, 0) is 9.53 Å². The number of carbonyl (C=O) groups is 1. The highest BCUT2D eigenvalue weighted by Crippen LogP contribution is 2.26. The van der Waals surface area contributed by atoms with Crippen LogP contribution < -0.4 is 4.74 Å². The lowest BCUT2D eigenvalue weighted by atomic mass is 10.0. The number of rotatable bonds is 6.